The van der Waals surface area contributed by atoms with Crippen LogP contribution in [-0.2, 0) is 6.54 Å². The fourth-order valence-corrected chi connectivity index (χ4v) is 1.69. The van der Waals surface area contributed by atoms with Crippen LogP contribution in [0.2, 0.25) is 0 Å². The number of nitrogens with one attached hydrogen (secondary N) is 2. The van der Waals surface area contributed by atoms with Crippen molar-refractivity contribution < 1.29 is 4.79 Å². The summed E-state index contributed by atoms with van der Waals surface area (Å²) in [5.41, 5.74) is 5.00. The summed E-state index contributed by atoms with van der Waals surface area (Å²) in [4.78, 5) is 11.8. The van der Waals surface area contributed by atoms with Crippen molar-refractivity contribution in [2.45, 2.75) is 13.5 Å². The van der Waals surface area contributed by atoms with E-state index in [4.69, 9.17) is 5.84 Å². The number of anilines is 1. The molecule has 0 aliphatic heterocycles. The standard InChI is InChI=1S/C13H17N5O/c1-10-8-16-18(9-10)7-6-15-13(19)11-2-4-12(17-14)5-3-11/h2-5,8-9,17H,6-7,14H2,1H3,(H,15,19). The van der Waals surface area contributed by atoms with E-state index in [0.717, 1.165) is 11.3 Å². The van der Waals surface area contributed by atoms with Crippen LogP contribution in [-0.4, -0.2) is 22.2 Å². The molecule has 1 heterocycles. The Kier molecular flexibility index (Phi) is 4.15. The summed E-state index contributed by atoms with van der Waals surface area (Å²) in [6.45, 7) is 3.17. The zero-order valence-electron chi connectivity index (χ0n) is 10.8. The lowest BCUT2D eigenvalue weighted by atomic mass is 10.2. The Morgan fingerprint density at radius 2 is 2.11 bits per heavy atom. The minimum atomic E-state index is -0.104. The normalized spacial score (nSPS) is 10.2. The van der Waals surface area contributed by atoms with Crippen LogP contribution in [0.4, 0.5) is 5.69 Å². The maximum atomic E-state index is 11.8. The van der Waals surface area contributed by atoms with Gasteiger partial charge >= 0.3 is 0 Å². The molecule has 0 bridgehead atoms. The second-order valence-electron chi connectivity index (χ2n) is 4.26. The summed E-state index contributed by atoms with van der Waals surface area (Å²) in [7, 11) is 0. The minimum Gasteiger partial charge on any atom is -0.350 e. The van der Waals surface area contributed by atoms with Crippen molar-refractivity contribution in [1.29, 1.82) is 0 Å². The van der Waals surface area contributed by atoms with Gasteiger partial charge in [0.15, 0.2) is 0 Å². The highest BCUT2D eigenvalue weighted by atomic mass is 16.1. The Bertz CT molecular complexity index is 546. The number of aromatic nitrogens is 2. The fourth-order valence-electron chi connectivity index (χ4n) is 1.69. The van der Waals surface area contributed by atoms with E-state index in [1.807, 2.05) is 13.1 Å². The van der Waals surface area contributed by atoms with Gasteiger partial charge in [0.05, 0.1) is 12.7 Å². The lowest BCUT2D eigenvalue weighted by Gasteiger charge is -2.06. The van der Waals surface area contributed by atoms with Crippen molar-refractivity contribution in [3.8, 4) is 0 Å². The third-order valence-electron chi connectivity index (χ3n) is 2.70. The first-order chi connectivity index (χ1) is 9.19. The molecule has 19 heavy (non-hydrogen) atoms. The number of rotatable bonds is 5. The van der Waals surface area contributed by atoms with Crippen LogP contribution < -0.4 is 16.6 Å². The number of nitrogens with zero attached hydrogens (tertiary/aromatic N) is 2. The van der Waals surface area contributed by atoms with Crippen molar-refractivity contribution in [3.63, 3.8) is 0 Å². The van der Waals surface area contributed by atoms with E-state index < -0.39 is 0 Å². The van der Waals surface area contributed by atoms with Gasteiger partial charge in [0, 0.05) is 24.0 Å². The third-order valence-corrected chi connectivity index (χ3v) is 2.70. The monoisotopic (exact) mass is 259 g/mol. The van der Waals surface area contributed by atoms with E-state index >= 15 is 0 Å². The van der Waals surface area contributed by atoms with Crippen LogP contribution in [0.15, 0.2) is 36.7 Å². The van der Waals surface area contributed by atoms with Crippen LogP contribution in [0.3, 0.4) is 0 Å². The molecule has 0 saturated carbocycles. The van der Waals surface area contributed by atoms with E-state index in [1.54, 1.807) is 35.1 Å². The molecule has 0 saturated heterocycles. The van der Waals surface area contributed by atoms with Gasteiger partial charge in [0.1, 0.15) is 0 Å². The number of amides is 1. The van der Waals surface area contributed by atoms with Crippen LogP contribution in [0, 0.1) is 6.92 Å². The average molecular weight is 259 g/mol. The van der Waals surface area contributed by atoms with E-state index in [0.29, 0.717) is 18.7 Å². The topological polar surface area (TPSA) is 85.0 Å². The molecule has 1 aromatic heterocycles. The van der Waals surface area contributed by atoms with Gasteiger partial charge in [0.2, 0.25) is 0 Å². The van der Waals surface area contributed by atoms with Crippen LogP contribution in [0.5, 0.6) is 0 Å². The minimum absolute atomic E-state index is 0.104. The molecule has 0 aliphatic carbocycles. The molecule has 2 aromatic rings. The smallest absolute Gasteiger partial charge is 0.251 e. The summed E-state index contributed by atoms with van der Waals surface area (Å²) in [5, 5.41) is 6.99. The fraction of sp³-hybridized carbons (Fsp3) is 0.231. The maximum absolute atomic E-state index is 11.8. The molecule has 0 spiro atoms. The van der Waals surface area contributed by atoms with Gasteiger partial charge in [0.25, 0.3) is 5.91 Å². The highest BCUT2D eigenvalue weighted by Crippen LogP contribution is 2.07. The molecule has 0 aliphatic rings. The summed E-state index contributed by atoms with van der Waals surface area (Å²) in [6.07, 6.45) is 3.73. The van der Waals surface area contributed by atoms with E-state index in [9.17, 15) is 4.79 Å². The zero-order valence-corrected chi connectivity index (χ0v) is 10.8. The van der Waals surface area contributed by atoms with Gasteiger partial charge in [-0.05, 0) is 36.8 Å². The van der Waals surface area contributed by atoms with Crippen molar-refractivity contribution in [3.05, 3.63) is 47.8 Å². The molecule has 0 radical (unpaired) electrons. The highest BCUT2D eigenvalue weighted by Gasteiger charge is 2.04. The third kappa shape index (κ3) is 3.56. The Balaban J connectivity index is 1.83. The molecular formula is C13H17N5O. The predicted molar refractivity (Wildman–Crippen MR) is 73.5 cm³/mol. The van der Waals surface area contributed by atoms with Crippen LogP contribution in [0.25, 0.3) is 0 Å². The molecule has 1 aromatic carbocycles. The SMILES string of the molecule is Cc1cnn(CCNC(=O)c2ccc(NN)cc2)c1. The molecule has 0 unspecified atom stereocenters. The molecule has 0 atom stereocenters. The number of nitrogen functional groups attached to an aromatic ring is 1. The summed E-state index contributed by atoms with van der Waals surface area (Å²) >= 11 is 0. The van der Waals surface area contributed by atoms with Gasteiger partial charge < -0.3 is 10.7 Å². The van der Waals surface area contributed by atoms with Crippen molar-refractivity contribution >= 4 is 11.6 Å². The van der Waals surface area contributed by atoms with Gasteiger partial charge in [-0.25, -0.2) is 0 Å². The number of benzene rings is 1. The molecule has 4 N–H and O–H groups in total. The number of carbonyl (C=O) groups is 1. The largest absolute Gasteiger partial charge is 0.350 e. The van der Waals surface area contributed by atoms with Crippen molar-refractivity contribution in [2.75, 3.05) is 12.0 Å². The Morgan fingerprint density at radius 1 is 1.37 bits per heavy atom. The van der Waals surface area contributed by atoms with E-state index in [2.05, 4.69) is 15.8 Å². The number of carbonyl (C=O) groups excluding carboxylic acids is 1. The second-order valence-corrected chi connectivity index (χ2v) is 4.26. The summed E-state index contributed by atoms with van der Waals surface area (Å²) in [6, 6.07) is 6.96. The van der Waals surface area contributed by atoms with Crippen molar-refractivity contribution in [2.24, 2.45) is 5.84 Å². The quantitative estimate of drug-likeness (QED) is 0.550. The number of hydrogen-bond donors (Lipinski definition) is 3. The molecule has 100 valence electrons. The van der Waals surface area contributed by atoms with E-state index in [-0.39, 0.29) is 5.91 Å². The number of hydrazine groups is 1. The van der Waals surface area contributed by atoms with Crippen LogP contribution >= 0.6 is 0 Å². The number of aryl methyl sites for hydroxylation is 1. The zero-order chi connectivity index (χ0) is 13.7. The van der Waals surface area contributed by atoms with E-state index in [1.165, 1.54) is 0 Å². The lowest BCUT2D eigenvalue weighted by molar-refractivity contribution is 0.0952. The average Bonchev–Trinajstić information content (AvgIpc) is 2.84. The lowest BCUT2D eigenvalue weighted by Crippen LogP contribution is -2.27. The number of nitrogens with two attached hydrogens (primary N) is 1. The van der Waals surface area contributed by atoms with Gasteiger partial charge in [-0.1, -0.05) is 0 Å². The van der Waals surface area contributed by atoms with Gasteiger partial charge in [-0.3, -0.25) is 15.3 Å². The van der Waals surface area contributed by atoms with Crippen molar-refractivity contribution in [1.82, 2.24) is 15.1 Å². The van der Waals surface area contributed by atoms with Crippen LogP contribution in [0.1, 0.15) is 15.9 Å². The molecule has 1 amide bonds. The Labute approximate surface area is 111 Å². The molecule has 0 fully saturated rings. The maximum Gasteiger partial charge on any atom is 0.251 e. The highest BCUT2D eigenvalue weighted by molar-refractivity contribution is 5.94. The number of hydrogen-bond acceptors (Lipinski definition) is 4. The van der Waals surface area contributed by atoms with Gasteiger partial charge in [-0.2, -0.15) is 5.10 Å². The molecular weight excluding hydrogens is 242 g/mol. The first-order valence-corrected chi connectivity index (χ1v) is 6.03. The Morgan fingerprint density at radius 3 is 2.68 bits per heavy atom. The Hall–Kier alpha value is -2.34. The molecule has 2 rings (SSSR count). The summed E-state index contributed by atoms with van der Waals surface area (Å²) in [5.74, 6) is 5.16. The second kappa shape index (κ2) is 6.01. The molecule has 6 nitrogen and oxygen atoms in total. The van der Waals surface area contributed by atoms with Gasteiger partial charge in [-0.15, -0.1) is 0 Å². The first-order valence-electron chi connectivity index (χ1n) is 6.03. The predicted octanol–water partition coefficient (Wildman–Crippen LogP) is 0.907. The first kappa shape index (κ1) is 13.1. The molecule has 6 heteroatoms. The summed E-state index contributed by atoms with van der Waals surface area (Å²) < 4.78 is 1.80.